The van der Waals surface area contributed by atoms with E-state index in [0.29, 0.717) is 23.9 Å². The summed E-state index contributed by atoms with van der Waals surface area (Å²) in [6.45, 7) is 4.45. The maximum absolute atomic E-state index is 10.2. The van der Waals surface area contributed by atoms with E-state index in [4.69, 9.17) is 9.47 Å². The third-order valence-corrected chi connectivity index (χ3v) is 12.7. The standard InChI is InChI=1S/C42H54N2O3/c1-46-38-22-19-32-27-36-34-20-21-35(41-42(34,39(32)40(38)47-41)23-26-44(36)29-33-28-37(33)45)43(25-12-18-31-16-9-5-10-17-31)24-11-3-2-6-13-30-14-7-4-8-15-30/h4-5,7-10,14-17,19,22,33-37,41,45H,2-3,6,11-13,18,20-21,23-29H2,1H3/t33?,34-,35-,36+,37?,41-,42-/m0/s1. The predicted molar refractivity (Wildman–Crippen MR) is 188 cm³/mol. The average molecular weight is 635 g/mol. The minimum atomic E-state index is -0.0845. The number of methoxy groups -OCH3 is 1. The first-order chi connectivity index (χ1) is 23.2. The Kier molecular flexibility index (Phi) is 9.07. The van der Waals surface area contributed by atoms with E-state index >= 15 is 0 Å². The Bertz CT molecular complexity index is 1500. The van der Waals surface area contributed by atoms with Crippen molar-refractivity contribution < 1.29 is 14.6 Å². The number of unbranched alkanes of at least 4 members (excludes halogenated alkanes) is 3. The SMILES string of the molecule is COc1ccc2c3c1O[C@H]1[C@@H](N(CCCCCCc4ccccc4)CCCc4ccccc4)CC[C@H]4[C@@H](C2)N(CC2CC2O)CC[C@@]341. The van der Waals surface area contributed by atoms with Crippen molar-refractivity contribution in [1.82, 2.24) is 9.80 Å². The minimum absolute atomic E-state index is 0.0665. The summed E-state index contributed by atoms with van der Waals surface area (Å²) in [5.41, 5.74) is 5.96. The van der Waals surface area contributed by atoms with Crippen LogP contribution in [-0.4, -0.2) is 72.5 Å². The van der Waals surface area contributed by atoms with Crippen LogP contribution >= 0.6 is 0 Å². The van der Waals surface area contributed by atoms with Crippen LogP contribution in [0, 0.1) is 11.8 Å². The van der Waals surface area contributed by atoms with Gasteiger partial charge in [0, 0.05) is 35.5 Å². The van der Waals surface area contributed by atoms with E-state index in [-0.39, 0.29) is 17.6 Å². The first kappa shape index (κ1) is 31.4. The fraction of sp³-hybridized carbons (Fsp3) is 0.571. The van der Waals surface area contributed by atoms with Crippen molar-refractivity contribution >= 4 is 0 Å². The summed E-state index contributed by atoms with van der Waals surface area (Å²) in [6, 6.07) is 27.5. The molecule has 3 aromatic carbocycles. The second-order valence-electron chi connectivity index (χ2n) is 15.3. The second-order valence-corrected chi connectivity index (χ2v) is 15.3. The Morgan fingerprint density at radius 3 is 2.30 bits per heavy atom. The Morgan fingerprint density at radius 2 is 1.57 bits per heavy atom. The Labute approximate surface area is 282 Å². The maximum Gasteiger partial charge on any atom is 0.165 e. The van der Waals surface area contributed by atoms with Gasteiger partial charge in [0.1, 0.15) is 6.10 Å². The molecular weight excluding hydrogens is 580 g/mol. The number of nitrogens with zero attached hydrogens (tertiary/aromatic N) is 2. The molecule has 2 unspecified atom stereocenters. The number of likely N-dealkylation sites (tertiary alicyclic amines) is 1. The van der Waals surface area contributed by atoms with Crippen LogP contribution in [0.4, 0.5) is 0 Å². The molecule has 2 bridgehead atoms. The average Bonchev–Trinajstić information content (AvgIpc) is 3.69. The number of hydrogen-bond acceptors (Lipinski definition) is 5. The van der Waals surface area contributed by atoms with Crippen molar-refractivity contribution in [2.75, 3.05) is 33.3 Å². The van der Waals surface area contributed by atoms with Gasteiger partial charge in [-0.15, -0.1) is 0 Å². The van der Waals surface area contributed by atoms with Crippen LogP contribution in [0.1, 0.15) is 80.0 Å². The van der Waals surface area contributed by atoms with E-state index in [1.54, 1.807) is 7.11 Å². The lowest BCUT2D eigenvalue weighted by atomic mass is 9.51. The number of aliphatic hydroxyl groups excluding tert-OH is 1. The Balaban J connectivity index is 1.02. The molecule has 7 atom stereocenters. The lowest BCUT2D eigenvalue weighted by molar-refractivity contribution is -0.0901. The number of piperidine rings is 1. The van der Waals surface area contributed by atoms with Crippen molar-refractivity contribution in [2.45, 2.75) is 107 Å². The van der Waals surface area contributed by atoms with Gasteiger partial charge in [0.05, 0.1) is 13.2 Å². The van der Waals surface area contributed by atoms with Crippen molar-refractivity contribution in [2.24, 2.45) is 11.8 Å². The monoisotopic (exact) mass is 634 g/mol. The quantitative estimate of drug-likeness (QED) is 0.179. The lowest BCUT2D eigenvalue weighted by Gasteiger charge is -2.60. The molecule has 2 heterocycles. The fourth-order valence-corrected chi connectivity index (χ4v) is 10.3. The van der Waals surface area contributed by atoms with Crippen molar-refractivity contribution in [1.29, 1.82) is 0 Å². The van der Waals surface area contributed by atoms with Gasteiger partial charge < -0.3 is 14.6 Å². The molecule has 1 N–H and O–H groups in total. The molecule has 5 aliphatic rings. The molecule has 2 saturated carbocycles. The van der Waals surface area contributed by atoms with Crippen LogP contribution in [0.5, 0.6) is 11.5 Å². The summed E-state index contributed by atoms with van der Waals surface area (Å²) >= 11 is 0. The Hall–Kier alpha value is -2.86. The first-order valence-electron chi connectivity index (χ1n) is 18.8. The molecule has 3 aliphatic carbocycles. The predicted octanol–water partition coefficient (Wildman–Crippen LogP) is 7.22. The number of aryl methyl sites for hydroxylation is 2. The minimum Gasteiger partial charge on any atom is -0.493 e. The highest BCUT2D eigenvalue weighted by Crippen LogP contribution is 2.64. The zero-order chi connectivity index (χ0) is 31.8. The van der Waals surface area contributed by atoms with Gasteiger partial charge in [-0.3, -0.25) is 9.80 Å². The van der Waals surface area contributed by atoms with E-state index < -0.39 is 0 Å². The van der Waals surface area contributed by atoms with Gasteiger partial charge in [-0.1, -0.05) is 79.6 Å². The summed E-state index contributed by atoms with van der Waals surface area (Å²) in [5, 5.41) is 10.2. The highest BCUT2D eigenvalue weighted by molar-refractivity contribution is 5.61. The molecule has 1 spiro atoms. The molecule has 0 amide bonds. The van der Waals surface area contributed by atoms with Crippen LogP contribution in [0.3, 0.4) is 0 Å². The number of rotatable bonds is 15. The highest BCUT2D eigenvalue weighted by Gasteiger charge is 2.66. The molecule has 1 saturated heterocycles. The molecule has 47 heavy (non-hydrogen) atoms. The van der Waals surface area contributed by atoms with Crippen molar-refractivity contribution in [3.05, 3.63) is 95.1 Å². The lowest BCUT2D eigenvalue weighted by Crippen LogP contribution is -2.69. The van der Waals surface area contributed by atoms with Gasteiger partial charge in [-0.05, 0) is 113 Å². The highest BCUT2D eigenvalue weighted by atomic mass is 16.5. The number of benzene rings is 3. The third-order valence-electron chi connectivity index (χ3n) is 12.7. The van der Waals surface area contributed by atoms with E-state index in [1.807, 2.05) is 0 Å². The summed E-state index contributed by atoms with van der Waals surface area (Å²) in [6.07, 6.45) is 14.4. The van der Waals surface area contributed by atoms with E-state index in [2.05, 4.69) is 82.6 Å². The molecule has 5 nitrogen and oxygen atoms in total. The molecule has 3 fully saturated rings. The number of aliphatic hydroxyl groups is 1. The van der Waals surface area contributed by atoms with Gasteiger partial charge in [0.25, 0.3) is 0 Å². The fourth-order valence-electron chi connectivity index (χ4n) is 10.3. The zero-order valence-corrected chi connectivity index (χ0v) is 28.4. The van der Waals surface area contributed by atoms with Crippen LogP contribution in [0.15, 0.2) is 72.8 Å². The third kappa shape index (κ3) is 6.02. The van der Waals surface area contributed by atoms with E-state index in [1.165, 1.54) is 73.6 Å². The Morgan fingerprint density at radius 1 is 0.872 bits per heavy atom. The molecule has 0 radical (unpaired) electrons. The van der Waals surface area contributed by atoms with Crippen LogP contribution < -0.4 is 9.47 Å². The van der Waals surface area contributed by atoms with Crippen LogP contribution in [0.25, 0.3) is 0 Å². The van der Waals surface area contributed by atoms with Gasteiger partial charge in [-0.25, -0.2) is 0 Å². The number of ether oxygens (including phenoxy) is 2. The molecular formula is C42H54N2O3. The summed E-state index contributed by atoms with van der Waals surface area (Å²) in [7, 11) is 1.80. The molecule has 2 aliphatic heterocycles. The van der Waals surface area contributed by atoms with Crippen molar-refractivity contribution in [3.63, 3.8) is 0 Å². The van der Waals surface area contributed by atoms with Gasteiger partial charge in [0.15, 0.2) is 11.5 Å². The first-order valence-corrected chi connectivity index (χ1v) is 18.8. The molecule has 3 aromatic rings. The van der Waals surface area contributed by atoms with E-state index in [9.17, 15) is 5.11 Å². The summed E-state index contributed by atoms with van der Waals surface area (Å²) in [5.74, 6) is 3.05. The maximum atomic E-state index is 10.2. The van der Waals surface area contributed by atoms with Crippen molar-refractivity contribution in [3.8, 4) is 11.5 Å². The summed E-state index contributed by atoms with van der Waals surface area (Å²) < 4.78 is 13.2. The summed E-state index contributed by atoms with van der Waals surface area (Å²) in [4.78, 5) is 5.64. The normalized spacial score (nSPS) is 30.2. The molecule has 0 aromatic heterocycles. The van der Waals surface area contributed by atoms with Gasteiger partial charge in [0.2, 0.25) is 0 Å². The smallest absolute Gasteiger partial charge is 0.165 e. The van der Waals surface area contributed by atoms with Crippen LogP contribution in [-0.2, 0) is 24.7 Å². The largest absolute Gasteiger partial charge is 0.493 e. The molecule has 250 valence electrons. The van der Waals surface area contributed by atoms with Gasteiger partial charge in [-0.2, -0.15) is 0 Å². The second kappa shape index (κ2) is 13.6. The van der Waals surface area contributed by atoms with Gasteiger partial charge >= 0.3 is 0 Å². The zero-order valence-electron chi connectivity index (χ0n) is 28.4. The number of hydrogen-bond donors (Lipinski definition) is 1. The molecule has 8 rings (SSSR count). The van der Waals surface area contributed by atoms with E-state index in [0.717, 1.165) is 63.4 Å². The molecule has 5 heteroatoms. The van der Waals surface area contributed by atoms with Crippen LogP contribution in [0.2, 0.25) is 0 Å². The topological polar surface area (TPSA) is 45.2 Å².